The number of amides is 2. The third kappa shape index (κ3) is 7.13. The number of hydrogen-bond acceptors (Lipinski definition) is 4. The molecule has 1 unspecified atom stereocenters. The predicted octanol–water partition coefficient (Wildman–Crippen LogP) is 5.80. The van der Waals surface area contributed by atoms with Crippen molar-refractivity contribution in [3.8, 4) is 0 Å². The highest BCUT2D eigenvalue weighted by Crippen LogP contribution is 2.33. The van der Waals surface area contributed by atoms with Crippen molar-refractivity contribution in [1.29, 1.82) is 0 Å². The normalized spacial score (nSPS) is 14.5. The van der Waals surface area contributed by atoms with E-state index < -0.39 is 34.3 Å². The zero-order chi connectivity index (χ0) is 28.9. The van der Waals surface area contributed by atoms with Gasteiger partial charge in [-0.25, -0.2) is 12.8 Å². The number of carbonyl (C=O) groups excluding carboxylic acids is 2. The van der Waals surface area contributed by atoms with Gasteiger partial charge in [-0.2, -0.15) is 0 Å². The molecule has 0 aromatic heterocycles. The molecule has 1 N–H and O–H groups in total. The molecule has 0 saturated heterocycles. The number of anilines is 1. The summed E-state index contributed by atoms with van der Waals surface area (Å²) in [7, 11) is -4.27. The monoisotopic (exact) mass is 605 g/mol. The predicted molar refractivity (Wildman–Crippen MR) is 154 cm³/mol. The third-order valence-electron chi connectivity index (χ3n) is 6.92. The van der Waals surface area contributed by atoms with Crippen LogP contribution in [0.15, 0.2) is 77.7 Å². The Morgan fingerprint density at radius 2 is 1.65 bits per heavy atom. The van der Waals surface area contributed by atoms with Crippen LogP contribution in [0.5, 0.6) is 0 Å². The van der Waals surface area contributed by atoms with Crippen molar-refractivity contribution in [1.82, 2.24) is 10.2 Å². The third-order valence-corrected chi connectivity index (χ3v) is 9.25. The molecule has 11 heteroatoms. The standard InChI is InChI=1S/C29H30Cl2FN3O4S/c1-20(29(37)33-24-7-5-6-8-24)34(18-21-11-14-23(32)15-12-21)28(36)19-35(27-17-22(30)13-16-26(27)31)40(38,39)25-9-3-2-4-10-25/h2-4,9-17,20,24H,5-8,18-19H2,1H3,(H,33,37). The van der Waals surface area contributed by atoms with Gasteiger partial charge in [-0.3, -0.25) is 13.9 Å². The van der Waals surface area contributed by atoms with Gasteiger partial charge in [0, 0.05) is 17.6 Å². The van der Waals surface area contributed by atoms with Crippen molar-refractivity contribution >= 4 is 50.7 Å². The first-order valence-electron chi connectivity index (χ1n) is 12.9. The summed E-state index contributed by atoms with van der Waals surface area (Å²) in [6.45, 7) is 0.897. The molecular weight excluding hydrogens is 576 g/mol. The van der Waals surface area contributed by atoms with Gasteiger partial charge < -0.3 is 10.2 Å². The van der Waals surface area contributed by atoms with Gasteiger partial charge in [-0.15, -0.1) is 0 Å². The molecule has 1 saturated carbocycles. The molecule has 3 aromatic rings. The van der Waals surface area contributed by atoms with E-state index in [4.69, 9.17) is 23.2 Å². The van der Waals surface area contributed by atoms with E-state index in [9.17, 15) is 22.4 Å². The fraction of sp³-hybridized carbons (Fsp3) is 0.310. The average Bonchev–Trinajstić information content (AvgIpc) is 3.45. The van der Waals surface area contributed by atoms with Crippen molar-refractivity contribution < 1.29 is 22.4 Å². The van der Waals surface area contributed by atoms with E-state index in [1.807, 2.05) is 0 Å². The second-order valence-corrected chi connectivity index (χ2v) is 12.4. The highest BCUT2D eigenvalue weighted by Gasteiger charge is 2.34. The lowest BCUT2D eigenvalue weighted by Crippen LogP contribution is -2.52. The van der Waals surface area contributed by atoms with Crippen LogP contribution in [0.4, 0.5) is 10.1 Å². The number of sulfonamides is 1. The largest absolute Gasteiger partial charge is 0.352 e. The first-order chi connectivity index (χ1) is 19.1. The summed E-state index contributed by atoms with van der Waals surface area (Å²) in [5.41, 5.74) is 0.602. The maximum Gasteiger partial charge on any atom is 0.264 e. The minimum absolute atomic E-state index is 0.0242. The highest BCUT2D eigenvalue weighted by atomic mass is 35.5. The SMILES string of the molecule is CC(C(=O)NC1CCCC1)N(Cc1ccc(F)cc1)C(=O)CN(c1cc(Cl)ccc1Cl)S(=O)(=O)c1ccccc1. The smallest absolute Gasteiger partial charge is 0.264 e. The number of carbonyl (C=O) groups is 2. The van der Waals surface area contributed by atoms with E-state index in [0.717, 1.165) is 30.0 Å². The molecule has 1 aliphatic carbocycles. The topological polar surface area (TPSA) is 86.8 Å². The van der Waals surface area contributed by atoms with E-state index in [1.165, 1.54) is 59.5 Å². The maximum absolute atomic E-state index is 13.9. The Morgan fingerprint density at radius 1 is 1.00 bits per heavy atom. The number of nitrogens with zero attached hydrogens (tertiary/aromatic N) is 2. The van der Waals surface area contributed by atoms with Crippen LogP contribution in [-0.4, -0.2) is 43.8 Å². The minimum atomic E-state index is -4.27. The number of rotatable bonds is 10. The zero-order valence-electron chi connectivity index (χ0n) is 21.9. The molecule has 1 fully saturated rings. The number of hydrogen-bond donors (Lipinski definition) is 1. The molecule has 40 heavy (non-hydrogen) atoms. The summed E-state index contributed by atoms with van der Waals surface area (Å²) in [6.07, 6.45) is 3.76. The molecule has 212 valence electrons. The molecule has 7 nitrogen and oxygen atoms in total. The first-order valence-corrected chi connectivity index (χ1v) is 15.1. The Labute approximate surface area is 243 Å². The van der Waals surface area contributed by atoms with Crippen LogP contribution < -0.4 is 9.62 Å². The van der Waals surface area contributed by atoms with Gasteiger partial charge in [0.2, 0.25) is 11.8 Å². The van der Waals surface area contributed by atoms with Gasteiger partial charge >= 0.3 is 0 Å². The Morgan fingerprint density at radius 3 is 2.30 bits per heavy atom. The molecule has 1 atom stereocenters. The fourth-order valence-corrected chi connectivity index (χ4v) is 6.55. The molecule has 1 aliphatic rings. The van der Waals surface area contributed by atoms with Crippen molar-refractivity contribution in [2.45, 2.75) is 56.1 Å². The van der Waals surface area contributed by atoms with Crippen molar-refractivity contribution in [2.75, 3.05) is 10.8 Å². The van der Waals surface area contributed by atoms with Crippen LogP contribution in [-0.2, 0) is 26.2 Å². The second kappa shape index (κ2) is 13.0. The molecule has 0 spiro atoms. The Balaban J connectivity index is 1.70. The zero-order valence-corrected chi connectivity index (χ0v) is 24.2. The lowest BCUT2D eigenvalue weighted by molar-refractivity contribution is -0.139. The molecule has 3 aromatic carbocycles. The van der Waals surface area contributed by atoms with E-state index in [1.54, 1.807) is 25.1 Å². The van der Waals surface area contributed by atoms with E-state index >= 15 is 0 Å². The summed E-state index contributed by atoms with van der Waals surface area (Å²) < 4.78 is 42.1. The molecule has 4 rings (SSSR count). The maximum atomic E-state index is 13.9. The Hall–Kier alpha value is -3.14. The fourth-order valence-electron chi connectivity index (χ4n) is 4.67. The quantitative estimate of drug-likeness (QED) is 0.316. The van der Waals surface area contributed by atoms with Crippen LogP contribution in [0.1, 0.15) is 38.2 Å². The number of halogens is 3. The van der Waals surface area contributed by atoms with Crippen LogP contribution in [0.2, 0.25) is 10.0 Å². The second-order valence-electron chi connectivity index (χ2n) is 9.73. The Bertz CT molecular complexity index is 1450. The molecule has 0 bridgehead atoms. The lowest BCUT2D eigenvalue weighted by Gasteiger charge is -2.32. The van der Waals surface area contributed by atoms with E-state index in [-0.39, 0.29) is 39.1 Å². The summed E-state index contributed by atoms with van der Waals surface area (Å²) >= 11 is 12.6. The lowest BCUT2D eigenvalue weighted by atomic mass is 10.1. The van der Waals surface area contributed by atoms with Crippen LogP contribution in [0.3, 0.4) is 0 Å². The van der Waals surface area contributed by atoms with Crippen LogP contribution in [0.25, 0.3) is 0 Å². The van der Waals surface area contributed by atoms with Crippen LogP contribution in [0, 0.1) is 5.82 Å². The Kier molecular flexibility index (Phi) is 9.71. The molecule has 0 aliphatic heterocycles. The van der Waals surface area contributed by atoms with Crippen LogP contribution >= 0.6 is 23.2 Å². The minimum Gasteiger partial charge on any atom is -0.352 e. The van der Waals surface area contributed by atoms with Gasteiger partial charge in [-0.1, -0.05) is 66.4 Å². The van der Waals surface area contributed by atoms with E-state index in [0.29, 0.717) is 5.56 Å². The van der Waals surface area contributed by atoms with Gasteiger partial charge in [0.05, 0.1) is 15.6 Å². The average molecular weight is 607 g/mol. The van der Waals surface area contributed by atoms with Gasteiger partial charge in [0.15, 0.2) is 0 Å². The molecule has 0 heterocycles. The van der Waals surface area contributed by atoms with Crippen molar-refractivity contribution in [3.05, 3.63) is 94.2 Å². The summed E-state index contributed by atoms with van der Waals surface area (Å²) in [5, 5.41) is 3.31. The summed E-state index contributed by atoms with van der Waals surface area (Å²) in [6, 6.07) is 16.6. The van der Waals surface area contributed by atoms with Gasteiger partial charge in [0.25, 0.3) is 10.0 Å². The number of nitrogens with one attached hydrogen (secondary N) is 1. The van der Waals surface area contributed by atoms with E-state index in [2.05, 4.69) is 5.32 Å². The van der Waals surface area contributed by atoms with Gasteiger partial charge in [0.1, 0.15) is 18.4 Å². The van der Waals surface area contributed by atoms with Crippen molar-refractivity contribution in [3.63, 3.8) is 0 Å². The molecule has 0 radical (unpaired) electrons. The molecule has 2 amide bonds. The molecular formula is C29H30Cl2FN3O4S. The summed E-state index contributed by atoms with van der Waals surface area (Å²) in [4.78, 5) is 28.4. The van der Waals surface area contributed by atoms with Crippen molar-refractivity contribution in [2.24, 2.45) is 0 Å². The first kappa shape index (κ1) is 29.8. The number of benzene rings is 3. The van der Waals surface area contributed by atoms with Gasteiger partial charge in [-0.05, 0) is 67.8 Å². The highest BCUT2D eigenvalue weighted by molar-refractivity contribution is 7.92. The summed E-state index contributed by atoms with van der Waals surface area (Å²) in [5.74, 6) is -1.43.